The van der Waals surface area contributed by atoms with Crippen molar-refractivity contribution in [2.45, 2.75) is 13.0 Å². The number of hydrogen-bond donors (Lipinski definition) is 1. The highest BCUT2D eigenvalue weighted by Gasteiger charge is 2.31. The van der Waals surface area contributed by atoms with Gasteiger partial charge < -0.3 is 10.2 Å². The standard InChI is InChI=1S/C12H12ClN3O4/c1-7-11(17)14-4-5-15(7)12(18)9-3-2-8(16(19)20)6-10(9)13/h2-3,6-7H,4-5H2,1H3,(H,14,17). The number of carbonyl (C=O) groups excluding carboxylic acids is 2. The lowest BCUT2D eigenvalue weighted by atomic mass is 10.1. The molecule has 1 fully saturated rings. The molecule has 1 N–H and O–H groups in total. The Morgan fingerprint density at radius 1 is 1.55 bits per heavy atom. The Hall–Kier alpha value is -2.15. The van der Waals surface area contributed by atoms with E-state index < -0.39 is 16.9 Å². The van der Waals surface area contributed by atoms with Crippen LogP contribution in [0, 0.1) is 10.1 Å². The zero-order chi connectivity index (χ0) is 14.9. The van der Waals surface area contributed by atoms with Crippen LogP contribution in [0.2, 0.25) is 5.02 Å². The fraction of sp³-hybridized carbons (Fsp3) is 0.333. The third-order valence-corrected chi connectivity index (χ3v) is 3.47. The minimum Gasteiger partial charge on any atom is -0.353 e. The lowest BCUT2D eigenvalue weighted by Gasteiger charge is -2.33. The summed E-state index contributed by atoms with van der Waals surface area (Å²) in [5.74, 6) is -0.644. The minimum absolute atomic E-state index is 0.00221. The van der Waals surface area contributed by atoms with Crippen molar-refractivity contribution in [3.05, 3.63) is 38.9 Å². The number of nitrogens with one attached hydrogen (secondary N) is 1. The molecular formula is C12H12ClN3O4. The van der Waals surface area contributed by atoms with Gasteiger partial charge in [0, 0.05) is 25.2 Å². The van der Waals surface area contributed by atoms with Crippen LogP contribution < -0.4 is 5.32 Å². The van der Waals surface area contributed by atoms with Gasteiger partial charge in [0.25, 0.3) is 11.6 Å². The van der Waals surface area contributed by atoms with Crippen molar-refractivity contribution in [2.75, 3.05) is 13.1 Å². The predicted octanol–water partition coefficient (Wildman–Crippen LogP) is 1.21. The van der Waals surface area contributed by atoms with E-state index in [-0.39, 0.29) is 22.2 Å². The molecular weight excluding hydrogens is 286 g/mol. The average Bonchev–Trinajstić information content (AvgIpc) is 2.41. The van der Waals surface area contributed by atoms with Gasteiger partial charge in [0.2, 0.25) is 5.91 Å². The first kappa shape index (κ1) is 14.3. The van der Waals surface area contributed by atoms with Crippen molar-refractivity contribution >= 4 is 29.1 Å². The highest BCUT2D eigenvalue weighted by Crippen LogP contribution is 2.24. The predicted molar refractivity (Wildman–Crippen MR) is 71.6 cm³/mol. The summed E-state index contributed by atoms with van der Waals surface area (Å²) >= 11 is 5.92. The van der Waals surface area contributed by atoms with Gasteiger partial charge >= 0.3 is 0 Å². The molecule has 0 saturated carbocycles. The molecule has 1 unspecified atom stereocenters. The summed E-state index contributed by atoms with van der Waals surface area (Å²) in [5.41, 5.74) is -0.0326. The van der Waals surface area contributed by atoms with Gasteiger partial charge in [-0.1, -0.05) is 11.6 Å². The Morgan fingerprint density at radius 3 is 2.85 bits per heavy atom. The number of nitro benzene ring substituents is 1. The molecule has 0 bridgehead atoms. The molecule has 0 spiro atoms. The van der Waals surface area contributed by atoms with E-state index in [0.717, 1.165) is 6.07 Å². The molecule has 8 heteroatoms. The molecule has 1 aliphatic heterocycles. The molecule has 2 amide bonds. The fourth-order valence-corrected chi connectivity index (χ4v) is 2.26. The summed E-state index contributed by atoms with van der Waals surface area (Å²) in [4.78, 5) is 35.3. The smallest absolute Gasteiger partial charge is 0.270 e. The van der Waals surface area contributed by atoms with Gasteiger partial charge in [-0.15, -0.1) is 0 Å². The van der Waals surface area contributed by atoms with Crippen molar-refractivity contribution < 1.29 is 14.5 Å². The zero-order valence-electron chi connectivity index (χ0n) is 10.6. The molecule has 2 rings (SSSR count). The van der Waals surface area contributed by atoms with Crippen molar-refractivity contribution in [1.82, 2.24) is 10.2 Å². The van der Waals surface area contributed by atoms with E-state index >= 15 is 0 Å². The summed E-state index contributed by atoms with van der Waals surface area (Å²) in [7, 11) is 0. The lowest BCUT2D eigenvalue weighted by Crippen LogP contribution is -2.55. The third-order valence-electron chi connectivity index (χ3n) is 3.15. The van der Waals surface area contributed by atoms with Crippen molar-refractivity contribution in [1.29, 1.82) is 0 Å². The van der Waals surface area contributed by atoms with Crippen LogP contribution in [-0.4, -0.2) is 40.8 Å². The molecule has 1 atom stereocenters. The third kappa shape index (κ3) is 2.57. The van der Waals surface area contributed by atoms with E-state index in [4.69, 9.17) is 11.6 Å². The normalized spacial score (nSPS) is 18.6. The second-order valence-corrected chi connectivity index (χ2v) is 4.79. The molecule has 1 saturated heterocycles. The molecule has 1 aliphatic rings. The summed E-state index contributed by atoms with van der Waals surface area (Å²) in [6.07, 6.45) is 0. The van der Waals surface area contributed by atoms with Crippen LogP contribution in [0.25, 0.3) is 0 Å². The van der Waals surface area contributed by atoms with Crippen LogP contribution in [0.3, 0.4) is 0 Å². The number of carbonyl (C=O) groups is 2. The molecule has 20 heavy (non-hydrogen) atoms. The molecule has 1 aromatic rings. The van der Waals surface area contributed by atoms with Gasteiger partial charge in [-0.05, 0) is 13.0 Å². The quantitative estimate of drug-likeness (QED) is 0.656. The summed E-state index contributed by atoms with van der Waals surface area (Å²) in [6, 6.07) is 3.06. The van der Waals surface area contributed by atoms with Crippen LogP contribution >= 0.6 is 11.6 Å². The second-order valence-electron chi connectivity index (χ2n) is 4.39. The van der Waals surface area contributed by atoms with Crippen molar-refractivity contribution in [2.24, 2.45) is 0 Å². The SMILES string of the molecule is CC1C(=O)NCCN1C(=O)c1ccc([N+](=O)[O-])cc1Cl. The fourth-order valence-electron chi connectivity index (χ4n) is 2.01. The van der Waals surface area contributed by atoms with E-state index in [1.165, 1.54) is 17.0 Å². The summed E-state index contributed by atoms with van der Waals surface area (Å²) in [6.45, 7) is 2.37. The monoisotopic (exact) mass is 297 g/mol. The Labute approximate surface area is 119 Å². The van der Waals surface area contributed by atoms with E-state index in [1.807, 2.05) is 0 Å². The topological polar surface area (TPSA) is 92.6 Å². The highest BCUT2D eigenvalue weighted by atomic mass is 35.5. The van der Waals surface area contributed by atoms with Gasteiger partial charge in [0.1, 0.15) is 6.04 Å². The number of nitro groups is 1. The van der Waals surface area contributed by atoms with Crippen molar-refractivity contribution in [3.8, 4) is 0 Å². The highest BCUT2D eigenvalue weighted by molar-refractivity contribution is 6.34. The van der Waals surface area contributed by atoms with Crippen LogP contribution in [0.5, 0.6) is 0 Å². The Morgan fingerprint density at radius 2 is 2.25 bits per heavy atom. The number of halogens is 1. The van der Waals surface area contributed by atoms with Crippen LogP contribution in [0.1, 0.15) is 17.3 Å². The van der Waals surface area contributed by atoms with Gasteiger partial charge in [-0.25, -0.2) is 0 Å². The zero-order valence-corrected chi connectivity index (χ0v) is 11.4. The van der Waals surface area contributed by atoms with Gasteiger partial charge in [-0.3, -0.25) is 19.7 Å². The number of benzene rings is 1. The first-order valence-electron chi connectivity index (χ1n) is 5.94. The molecule has 1 heterocycles. The largest absolute Gasteiger partial charge is 0.353 e. The van der Waals surface area contributed by atoms with Gasteiger partial charge in [-0.2, -0.15) is 0 Å². The van der Waals surface area contributed by atoms with E-state index in [0.29, 0.717) is 13.1 Å². The first-order valence-corrected chi connectivity index (χ1v) is 6.32. The number of amides is 2. The number of nitrogens with zero attached hydrogens (tertiary/aromatic N) is 2. The number of hydrogen-bond acceptors (Lipinski definition) is 4. The van der Waals surface area contributed by atoms with Crippen LogP contribution in [0.4, 0.5) is 5.69 Å². The maximum Gasteiger partial charge on any atom is 0.270 e. The van der Waals surface area contributed by atoms with Crippen molar-refractivity contribution in [3.63, 3.8) is 0 Å². The van der Waals surface area contributed by atoms with E-state index in [1.54, 1.807) is 6.92 Å². The summed E-state index contributed by atoms with van der Waals surface area (Å²) < 4.78 is 0. The number of rotatable bonds is 2. The maximum atomic E-state index is 12.3. The van der Waals surface area contributed by atoms with Crippen LogP contribution in [-0.2, 0) is 4.79 Å². The first-order chi connectivity index (χ1) is 9.41. The van der Waals surface area contributed by atoms with Crippen LogP contribution in [0.15, 0.2) is 18.2 Å². The van der Waals surface area contributed by atoms with Gasteiger partial charge in [0.05, 0.1) is 15.5 Å². The lowest BCUT2D eigenvalue weighted by molar-refractivity contribution is -0.384. The molecule has 0 aromatic heterocycles. The summed E-state index contributed by atoms with van der Waals surface area (Å²) in [5, 5.41) is 13.3. The van der Waals surface area contributed by atoms with E-state index in [2.05, 4.69) is 5.32 Å². The Balaban J connectivity index is 2.29. The Bertz CT molecular complexity index is 590. The minimum atomic E-state index is -0.595. The van der Waals surface area contributed by atoms with E-state index in [9.17, 15) is 19.7 Å². The maximum absolute atomic E-state index is 12.3. The number of piperazine rings is 1. The second kappa shape index (κ2) is 5.46. The Kier molecular flexibility index (Phi) is 3.89. The molecule has 7 nitrogen and oxygen atoms in total. The molecule has 106 valence electrons. The van der Waals surface area contributed by atoms with Gasteiger partial charge in [0.15, 0.2) is 0 Å². The number of non-ortho nitro benzene ring substituents is 1. The molecule has 1 aromatic carbocycles. The molecule has 0 aliphatic carbocycles. The average molecular weight is 298 g/mol. The molecule has 0 radical (unpaired) electrons.